The summed E-state index contributed by atoms with van der Waals surface area (Å²) in [6, 6.07) is 6.03. The van der Waals surface area contributed by atoms with E-state index in [0.717, 1.165) is 17.0 Å². The van der Waals surface area contributed by atoms with Crippen LogP contribution in [-0.2, 0) is 0 Å². The van der Waals surface area contributed by atoms with Gasteiger partial charge in [0.2, 0.25) is 0 Å². The van der Waals surface area contributed by atoms with Gasteiger partial charge >= 0.3 is 0 Å². The lowest BCUT2D eigenvalue weighted by molar-refractivity contribution is 0.521. The fraction of sp³-hybridized carbons (Fsp3) is 0.200. The zero-order chi connectivity index (χ0) is 18.8. The maximum atomic E-state index is 5.80. The predicted molar refractivity (Wildman–Crippen MR) is 107 cm³/mol. The molecule has 1 N–H and O–H groups in total. The van der Waals surface area contributed by atoms with Crippen molar-refractivity contribution in [1.82, 2.24) is 9.97 Å². The quantitative estimate of drug-likeness (QED) is 0.393. The molecule has 2 heterocycles. The van der Waals surface area contributed by atoms with Gasteiger partial charge in [0.1, 0.15) is 11.3 Å². The Hall–Kier alpha value is -2.79. The number of oxazole rings is 2. The van der Waals surface area contributed by atoms with Crippen LogP contribution in [0.1, 0.15) is 32.4 Å². The fourth-order valence-corrected chi connectivity index (χ4v) is 2.33. The summed E-state index contributed by atoms with van der Waals surface area (Å²) in [5.41, 5.74) is 3.78. The van der Waals surface area contributed by atoms with Crippen LogP contribution in [0.4, 0.5) is 11.7 Å². The van der Waals surface area contributed by atoms with E-state index in [9.17, 15) is 0 Å². The minimum absolute atomic E-state index is 0.0114. The molecule has 6 heteroatoms. The maximum absolute atomic E-state index is 5.80. The van der Waals surface area contributed by atoms with E-state index in [2.05, 4.69) is 15.3 Å². The number of aromatic nitrogens is 2. The number of hydrogen-bond acceptors (Lipinski definition) is 5. The number of rotatable bonds is 6. The van der Waals surface area contributed by atoms with Gasteiger partial charge in [-0.1, -0.05) is 55.8 Å². The Kier molecular flexibility index (Phi) is 7.71. The number of nitrogens with one attached hydrogen (secondary N) is 1. The van der Waals surface area contributed by atoms with Crippen molar-refractivity contribution in [2.45, 2.75) is 26.7 Å². The van der Waals surface area contributed by atoms with Gasteiger partial charge in [-0.25, -0.2) is 9.97 Å². The van der Waals surface area contributed by atoms with Crippen molar-refractivity contribution in [3.8, 4) is 0 Å². The summed E-state index contributed by atoms with van der Waals surface area (Å²) >= 11 is 5.53. The lowest BCUT2D eigenvalue weighted by Crippen LogP contribution is -1.90. The topological polar surface area (TPSA) is 64.1 Å². The Balaban J connectivity index is 0.00000117. The number of hydrogen-bond donors (Lipinski definition) is 1. The van der Waals surface area contributed by atoms with Crippen molar-refractivity contribution in [2.24, 2.45) is 0 Å². The van der Waals surface area contributed by atoms with Gasteiger partial charge in [0.05, 0.1) is 12.1 Å². The van der Waals surface area contributed by atoms with Gasteiger partial charge in [0, 0.05) is 17.3 Å². The van der Waals surface area contributed by atoms with Crippen molar-refractivity contribution in [1.29, 1.82) is 0 Å². The number of benzene rings is 1. The minimum Gasteiger partial charge on any atom is -0.443 e. The van der Waals surface area contributed by atoms with E-state index < -0.39 is 0 Å². The first-order valence-corrected chi connectivity index (χ1v) is 8.86. The zero-order valence-corrected chi connectivity index (χ0v) is 15.8. The molecule has 0 radical (unpaired) electrons. The third kappa shape index (κ3) is 5.10. The average molecular weight is 372 g/mol. The first-order chi connectivity index (χ1) is 12.8. The van der Waals surface area contributed by atoms with Crippen molar-refractivity contribution < 1.29 is 8.83 Å². The van der Waals surface area contributed by atoms with Gasteiger partial charge in [-0.05, 0) is 19.1 Å². The smallest absolute Gasteiger partial charge is 0.299 e. The number of allylic oxidation sites excluding steroid dienone is 5. The standard InChI is InChI=1S/C18H16ClN3O2.C2H6/c1-2-5-13(6-3-4-9-19)17-11-20-18(24-17)22-14-7-8-15-16(10-14)23-12-21-15;1-2/h2-13H,1H3,(H,20,22);1-2H3/b5-2-,6-3?,9-4+;. The van der Waals surface area contributed by atoms with Crippen LogP contribution in [0.25, 0.3) is 11.1 Å². The third-order valence-corrected chi connectivity index (χ3v) is 3.48. The predicted octanol–water partition coefficient (Wildman–Crippen LogP) is 6.55. The first-order valence-electron chi connectivity index (χ1n) is 8.42. The molecular weight excluding hydrogens is 350 g/mol. The normalized spacial score (nSPS) is 12.8. The van der Waals surface area contributed by atoms with Gasteiger partial charge in [-0.15, -0.1) is 0 Å². The Bertz CT molecular complexity index is 893. The lowest BCUT2D eigenvalue weighted by Gasteiger charge is -2.03. The summed E-state index contributed by atoms with van der Waals surface area (Å²) in [6.07, 6.45) is 12.7. The molecule has 26 heavy (non-hydrogen) atoms. The maximum Gasteiger partial charge on any atom is 0.299 e. The Labute approximate surface area is 158 Å². The number of anilines is 2. The summed E-state index contributed by atoms with van der Waals surface area (Å²) in [4.78, 5) is 8.36. The molecule has 1 atom stereocenters. The van der Waals surface area contributed by atoms with Crippen LogP contribution in [0, 0.1) is 0 Å². The number of nitrogens with zero attached hydrogens (tertiary/aromatic N) is 2. The Morgan fingerprint density at radius 3 is 2.77 bits per heavy atom. The molecule has 0 saturated carbocycles. The average Bonchev–Trinajstić information content (AvgIpc) is 3.32. The second-order valence-corrected chi connectivity index (χ2v) is 5.23. The summed E-state index contributed by atoms with van der Waals surface area (Å²) in [5.74, 6) is 0.721. The van der Waals surface area contributed by atoms with Gasteiger partial charge in [-0.3, -0.25) is 0 Å². The van der Waals surface area contributed by atoms with E-state index in [0.29, 0.717) is 11.6 Å². The largest absolute Gasteiger partial charge is 0.443 e. The first kappa shape index (κ1) is 19.5. The van der Waals surface area contributed by atoms with Crippen LogP contribution in [0.15, 0.2) is 75.5 Å². The molecule has 3 aromatic rings. The molecular formula is C20H22ClN3O2. The molecule has 0 amide bonds. The molecule has 0 saturated heterocycles. The van der Waals surface area contributed by atoms with E-state index in [4.69, 9.17) is 20.4 Å². The monoisotopic (exact) mass is 371 g/mol. The summed E-state index contributed by atoms with van der Waals surface area (Å²) in [7, 11) is 0. The molecule has 136 valence electrons. The zero-order valence-electron chi connectivity index (χ0n) is 15.0. The second-order valence-electron chi connectivity index (χ2n) is 4.98. The molecule has 1 unspecified atom stereocenters. The van der Waals surface area contributed by atoms with Crippen LogP contribution in [0.3, 0.4) is 0 Å². The highest BCUT2D eigenvalue weighted by atomic mass is 35.5. The van der Waals surface area contributed by atoms with E-state index in [-0.39, 0.29) is 5.92 Å². The fourth-order valence-electron chi connectivity index (χ4n) is 2.24. The molecule has 1 aromatic carbocycles. The van der Waals surface area contributed by atoms with Gasteiger partial charge in [0.25, 0.3) is 6.01 Å². The number of halogens is 1. The highest BCUT2D eigenvalue weighted by Gasteiger charge is 2.11. The van der Waals surface area contributed by atoms with Gasteiger partial charge in [0.15, 0.2) is 12.0 Å². The molecule has 3 rings (SSSR count). The second kappa shape index (κ2) is 10.3. The van der Waals surface area contributed by atoms with Crippen molar-refractivity contribution >= 4 is 34.4 Å². The van der Waals surface area contributed by atoms with E-state index in [1.54, 1.807) is 12.3 Å². The van der Waals surface area contributed by atoms with Crippen molar-refractivity contribution in [3.05, 3.63) is 72.5 Å². The highest BCUT2D eigenvalue weighted by molar-refractivity contribution is 6.25. The molecule has 2 aromatic heterocycles. The van der Waals surface area contributed by atoms with Gasteiger partial charge < -0.3 is 14.2 Å². The van der Waals surface area contributed by atoms with Crippen molar-refractivity contribution in [3.63, 3.8) is 0 Å². The van der Waals surface area contributed by atoms with Crippen LogP contribution in [-0.4, -0.2) is 9.97 Å². The van der Waals surface area contributed by atoms with Crippen LogP contribution in [0.2, 0.25) is 0 Å². The Morgan fingerprint density at radius 2 is 2.00 bits per heavy atom. The lowest BCUT2D eigenvalue weighted by atomic mass is 10.1. The third-order valence-electron chi connectivity index (χ3n) is 3.34. The number of fused-ring (bicyclic) bond motifs is 1. The summed E-state index contributed by atoms with van der Waals surface area (Å²) in [5, 5.41) is 3.12. The summed E-state index contributed by atoms with van der Waals surface area (Å²) in [6.45, 7) is 5.96. The van der Waals surface area contributed by atoms with Crippen molar-refractivity contribution in [2.75, 3.05) is 5.32 Å². The van der Waals surface area contributed by atoms with Crippen LogP contribution < -0.4 is 5.32 Å². The van der Waals surface area contributed by atoms with Crippen LogP contribution in [0.5, 0.6) is 0 Å². The molecule has 0 aliphatic rings. The molecule has 0 fully saturated rings. The summed E-state index contributed by atoms with van der Waals surface area (Å²) < 4.78 is 11.1. The van der Waals surface area contributed by atoms with E-state index in [1.807, 2.05) is 63.3 Å². The Morgan fingerprint density at radius 1 is 1.15 bits per heavy atom. The molecule has 5 nitrogen and oxygen atoms in total. The minimum atomic E-state index is -0.0114. The molecule has 0 aliphatic heterocycles. The molecule has 0 spiro atoms. The van der Waals surface area contributed by atoms with E-state index >= 15 is 0 Å². The van der Waals surface area contributed by atoms with Crippen LogP contribution >= 0.6 is 11.6 Å². The van der Waals surface area contributed by atoms with Gasteiger partial charge in [-0.2, -0.15) is 0 Å². The molecule has 0 aliphatic carbocycles. The van der Waals surface area contributed by atoms with E-state index in [1.165, 1.54) is 11.9 Å². The molecule has 0 bridgehead atoms. The highest BCUT2D eigenvalue weighted by Crippen LogP contribution is 2.25. The SMILES string of the molecule is C/C=C\C(C=C/C=C/Cl)c1cnc(Nc2ccc3ncoc3c2)o1.CC.